The van der Waals surface area contributed by atoms with Crippen molar-refractivity contribution in [2.24, 2.45) is 5.73 Å². The molecular weight excluding hydrogens is 178 g/mol. The highest BCUT2D eigenvalue weighted by atomic mass is 16.5. The van der Waals surface area contributed by atoms with E-state index in [4.69, 9.17) is 10.5 Å². The lowest BCUT2D eigenvalue weighted by Crippen LogP contribution is -2.18. The normalized spacial score (nSPS) is 20.3. The van der Waals surface area contributed by atoms with Gasteiger partial charge in [-0.15, -0.1) is 0 Å². The molecule has 0 amide bonds. The molecule has 0 spiro atoms. The van der Waals surface area contributed by atoms with E-state index in [1.54, 1.807) is 19.2 Å². The van der Waals surface area contributed by atoms with Crippen LogP contribution in [0.3, 0.4) is 0 Å². The van der Waals surface area contributed by atoms with Gasteiger partial charge in [-0.05, 0) is 31.4 Å². The highest BCUT2D eigenvalue weighted by Crippen LogP contribution is 2.39. The van der Waals surface area contributed by atoms with Crippen molar-refractivity contribution in [2.45, 2.75) is 25.3 Å². The first-order chi connectivity index (χ1) is 6.74. The molecule has 1 aromatic carbocycles. The maximum absolute atomic E-state index is 9.68. The van der Waals surface area contributed by atoms with Crippen molar-refractivity contribution in [1.82, 2.24) is 0 Å². The molecule has 3 N–H and O–H groups in total. The molecular formula is C11H15NO2. The molecule has 0 fully saturated rings. The van der Waals surface area contributed by atoms with Crippen LogP contribution < -0.4 is 10.5 Å². The van der Waals surface area contributed by atoms with E-state index in [-0.39, 0.29) is 6.04 Å². The smallest absolute Gasteiger partial charge is 0.124 e. The van der Waals surface area contributed by atoms with E-state index in [1.165, 1.54) is 0 Å². The number of ether oxygens (including phenoxy) is 1. The summed E-state index contributed by atoms with van der Waals surface area (Å²) in [7, 11) is 1.63. The topological polar surface area (TPSA) is 55.5 Å². The van der Waals surface area contributed by atoms with Crippen molar-refractivity contribution in [3.8, 4) is 11.5 Å². The Morgan fingerprint density at radius 1 is 1.50 bits per heavy atom. The summed E-state index contributed by atoms with van der Waals surface area (Å²) in [6, 6.07) is 3.45. The standard InChI is InChI=1S/C11H15NO2/c1-14-10-6-5-9(13)7-3-2-4-8(12)11(7)10/h5-6,8,13H,2-4,12H2,1H3. The van der Waals surface area contributed by atoms with Gasteiger partial charge in [-0.2, -0.15) is 0 Å². The summed E-state index contributed by atoms with van der Waals surface area (Å²) < 4.78 is 5.25. The number of methoxy groups -OCH3 is 1. The maximum Gasteiger partial charge on any atom is 0.124 e. The van der Waals surface area contributed by atoms with Crippen LogP contribution in [0.2, 0.25) is 0 Å². The second-order valence-corrected chi connectivity index (χ2v) is 3.68. The van der Waals surface area contributed by atoms with Gasteiger partial charge in [0, 0.05) is 17.2 Å². The molecule has 2 rings (SSSR count). The summed E-state index contributed by atoms with van der Waals surface area (Å²) in [6.45, 7) is 0. The van der Waals surface area contributed by atoms with Gasteiger partial charge in [0.05, 0.1) is 7.11 Å². The molecule has 0 radical (unpaired) electrons. The zero-order chi connectivity index (χ0) is 10.1. The van der Waals surface area contributed by atoms with Crippen molar-refractivity contribution in [1.29, 1.82) is 0 Å². The third-order valence-electron chi connectivity index (χ3n) is 2.82. The van der Waals surface area contributed by atoms with Crippen LogP contribution in [0.1, 0.15) is 30.0 Å². The van der Waals surface area contributed by atoms with Crippen LogP contribution in [-0.2, 0) is 6.42 Å². The summed E-state index contributed by atoms with van der Waals surface area (Å²) in [5, 5.41) is 9.68. The Balaban J connectivity index is 2.58. The fraction of sp³-hybridized carbons (Fsp3) is 0.455. The molecule has 1 aliphatic carbocycles. The van der Waals surface area contributed by atoms with Gasteiger partial charge in [0.25, 0.3) is 0 Å². The predicted octanol–water partition coefficient (Wildman–Crippen LogP) is 1.74. The van der Waals surface area contributed by atoms with Crippen molar-refractivity contribution in [3.05, 3.63) is 23.3 Å². The third kappa shape index (κ3) is 1.34. The highest BCUT2D eigenvalue weighted by molar-refractivity contribution is 5.50. The van der Waals surface area contributed by atoms with E-state index < -0.39 is 0 Å². The lowest BCUT2D eigenvalue weighted by Gasteiger charge is -2.24. The zero-order valence-corrected chi connectivity index (χ0v) is 8.29. The molecule has 1 atom stereocenters. The number of benzene rings is 1. The Hall–Kier alpha value is -1.22. The molecule has 1 unspecified atom stereocenters. The van der Waals surface area contributed by atoms with Gasteiger partial charge in [0.2, 0.25) is 0 Å². The first kappa shape index (κ1) is 9.34. The Bertz CT molecular complexity index is 349. The molecule has 0 saturated carbocycles. The Morgan fingerprint density at radius 3 is 3.00 bits per heavy atom. The molecule has 0 heterocycles. The first-order valence-electron chi connectivity index (χ1n) is 4.88. The number of hydrogen-bond acceptors (Lipinski definition) is 3. The maximum atomic E-state index is 9.68. The summed E-state index contributed by atoms with van der Waals surface area (Å²) >= 11 is 0. The monoisotopic (exact) mass is 193 g/mol. The van der Waals surface area contributed by atoms with Crippen LogP contribution in [0, 0.1) is 0 Å². The summed E-state index contributed by atoms with van der Waals surface area (Å²) in [6.07, 6.45) is 2.90. The second-order valence-electron chi connectivity index (χ2n) is 3.68. The van der Waals surface area contributed by atoms with Gasteiger partial charge >= 0.3 is 0 Å². The molecule has 3 heteroatoms. The fourth-order valence-corrected chi connectivity index (χ4v) is 2.12. The Labute approximate surface area is 83.5 Å². The third-order valence-corrected chi connectivity index (χ3v) is 2.82. The van der Waals surface area contributed by atoms with Crippen molar-refractivity contribution < 1.29 is 9.84 Å². The van der Waals surface area contributed by atoms with E-state index in [0.29, 0.717) is 5.75 Å². The summed E-state index contributed by atoms with van der Waals surface area (Å²) in [5.41, 5.74) is 7.95. The minimum Gasteiger partial charge on any atom is -0.508 e. The largest absolute Gasteiger partial charge is 0.508 e. The molecule has 0 aromatic heterocycles. The van der Waals surface area contributed by atoms with Gasteiger partial charge < -0.3 is 15.6 Å². The number of nitrogens with two attached hydrogens (primary N) is 1. The molecule has 0 saturated heterocycles. The lowest BCUT2D eigenvalue weighted by atomic mass is 9.87. The average Bonchev–Trinajstić information content (AvgIpc) is 2.20. The van der Waals surface area contributed by atoms with E-state index in [0.717, 1.165) is 36.1 Å². The van der Waals surface area contributed by atoms with Gasteiger partial charge in [0.15, 0.2) is 0 Å². The minimum atomic E-state index is 0.000741. The Morgan fingerprint density at radius 2 is 2.29 bits per heavy atom. The highest BCUT2D eigenvalue weighted by Gasteiger charge is 2.23. The molecule has 3 nitrogen and oxygen atoms in total. The molecule has 76 valence electrons. The first-order valence-corrected chi connectivity index (χ1v) is 4.88. The van der Waals surface area contributed by atoms with Crippen molar-refractivity contribution >= 4 is 0 Å². The van der Waals surface area contributed by atoms with Crippen LogP contribution in [-0.4, -0.2) is 12.2 Å². The van der Waals surface area contributed by atoms with Gasteiger partial charge in [0.1, 0.15) is 11.5 Å². The van der Waals surface area contributed by atoms with Crippen molar-refractivity contribution in [2.75, 3.05) is 7.11 Å². The number of fused-ring (bicyclic) bond motifs is 1. The van der Waals surface area contributed by atoms with E-state index in [2.05, 4.69) is 0 Å². The van der Waals surface area contributed by atoms with Gasteiger partial charge in [-0.25, -0.2) is 0 Å². The SMILES string of the molecule is COc1ccc(O)c2c1C(N)CCC2. The van der Waals surface area contributed by atoms with Crippen LogP contribution >= 0.6 is 0 Å². The van der Waals surface area contributed by atoms with Gasteiger partial charge in [-0.3, -0.25) is 0 Å². The van der Waals surface area contributed by atoms with Crippen LogP contribution in [0.25, 0.3) is 0 Å². The van der Waals surface area contributed by atoms with Gasteiger partial charge in [-0.1, -0.05) is 0 Å². The molecule has 0 bridgehead atoms. The predicted molar refractivity (Wildman–Crippen MR) is 54.5 cm³/mol. The summed E-state index contributed by atoms with van der Waals surface area (Å²) in [5.74, 6) is 1.14. The molecule has 1 aliphatic rings. The second kappa shape index (κ2) is 3.50. The number of hydrogen-bond donors (Lipinski definition) is 2. The number of phenolic OH excluding ortho intramolecular Hbond substituents is 1. The quantitative estimate of drug-likeness (QED) is 0.714. The van der Waals surface area contributed by atoms with Crippen LogP contribution in [0.4, 0.5) is 0 Å². The number of rotatable bonds is 1. The van der Waals surface area contributed by atoms with E-state index in [1.807, 2.05) is 0 Å². The number of aromatic hydroxyl groups is 1. The van der Waals surface area contributed by atoms with E-state index >= 15 is 0 Å². The minimum absolute atomic E-state index is 0.000741. The average molecular weight is 193 g/mol. The van der Waals surface area contributed by atoms with Crippen LogP contribution in [0.5, 0.6) is 11.5 Å². The lowest BCUT2D eigenvalue weighted by molar-refractivity contribution is 0.392. The van der Waals surface area contributed by atoms with Crippen molar-refractivity contribution in [3.63, 3.8) is 0 Å². The fourth-order valence-electron chi connectivity index (χ4n) is 2.12. The number of phenols is 1. The van der Waals surface area contributed by atoms with Crippen LogP contribution in [0.15, 0.2) is 12.1 Å². The molecule has 0 aliphatic heterocycles. The zero-order valence-electron chi connectivity index (χ0n) is 8.29. The molecule has 1 aromatic rings. The summed E-state index contributed by atoms with van der Waals surface area (Å²) in [4.78, 5) is 0. The molecule has 14 heavy (non-hydrogen) atoms. The Kier molecular flexibility index (Phi) is 2.33. The van der Waals surface area contributed by atoms with E-state index in [9.17, 15) is 5.11 Å².